The molecular formula is C17H33NO5. The molecular weight excluding hydrogens is 298 g/mol. The van der Waals surface area contributed by atoms with Crippen molar-refractivity contribution in [3.05, 3.63) is 0 Å². The minimum Gasteiger partial charge on any atom is -0.395 e. The van der Waals surface area contributed by atoms with Gasteiger partial charge >= 0.3 is 0 Å². The first kappa shape index (κ1) is 19.1. The van der Waals surface area contributed by atoms with Crippen molar-refractivity contribution in [2.75, 3.05) is 13.2 Å². The molecule has 1 unspecified atom stereocenters. The fourth-order valence-electron chi connectivity index (χ4n) is 4.36. The lowest BCUT2D eigenvalue weighted by molar-refractivity contribution is -0.217. The third kappa shape index (κ3) is 3.89. The number of hydrogen-bond donors (Lipinski definition) is 5. The van der Waals surface area contributed by atoms with Crippen LogP contribution >= 0.6 is 0 Å². The van der Waals surface area contributed by atoms with Gasteiger partial charge in [0.25, 0.3) is 0 Å². The average molecular weight is 331 g/mol. The van der Waals surface area contributed by atoms with Crippen LogP contribution in [0.4, 0.5) is 0 Å². The molecule has 23 heavy (non-hydrogen) atoms. The van der Waals surface area contributed by atoms with Gasteiger partial charge in [0.2, 0.25) is 0 Å². The van der Waals surface area contributed by atoms with E-state index in [4.69, 9.17) is 0 Å². The predicted molar refractivity (Wildman–Crippen MR) is 86.9 cm³/mol. The smallest absolute Gasteiger partial charge is 0.109 e. The van der Waals surface area contributed by atoms with E-state index in [-0.39, 0.29) is 6.61 Å². The molecule has 0 amide bonds. The minimum atomic E-state index is -1.34. The van der Waals surface area contributed by atoms with Gasteiger partial charge in [0.15, 0.2) is 0 Å². The van der Waals surface area contributed by atoms with E-state index in [0.717, 1.165) is 38.5 Å². The Bertz CT molecular complexity index is 361. The third-order valence-electron chi connectivity index (χ3n) is 5.68. The normalized spacial score (nSPS) is 38.6. The van der Waals surface area contributed by atoms with Gasteiger partial charge in [-0.25, -0.2) is 0 Å². The second kappa shape index (κ2) is 8.23. The summed E-state index contributed by atoms with van der Waals surface area (Å²) in [6.45, 7) is 2.38. The quantitative estimate of drug-likeness (QED) is 0.439. The summed E-state index contributed by atoms with van der Waals surface area (Å²) in [5, 5.41) is 51.9. The molecule has 5 atom stereocenters. The van der Waals surface area contributed by atoms with Crippen LogP contribution in [0.3, 0.4) is 0 Å². The van der Waals surface area contributed by atoms with Crippen LogP contribution in [0.5, 0.6) is 0 Å². The first-order chi connectivity index (χ1) is 11.0. The van der Waals surface area contributed by atoms with E-state index in [1.165, 1.54) is 0 Å². The molecule has 0 spiro atoms. The molecule has 0 aromatic heterocycles. The van der Waals surface area contributed by atoms with Crippen molar-refractivity contribution >= 4 is 0 Å². The Morgan fingerprint density at radius 1 is 0.957 bits per heavy atom. The zero-order valence-corrected chi connectivity index (χ0v) is 14.1. The second-order valence-electron chi connectivity index (χ2n) is 7.28. The van der Waals surface area contributed by atoms with Gasteiger partial charge in [0, 0.05) is 0 Å². The lowest BCUT2D eigenvalue weighted by Gasteiger charge is -2.55. The Kier molecular flexibility index (Phi) is 6.83. The maximum absolute atomic E-state index is 11.1. The van der Waals surface area contributed by atoms with Crippen molar-refractivity contribution in [1.82, 2.24) is 4.90 Å². The molecule has 136 valence electrons. The monoisotopic (exact) mass is 331 g/mol. The number of aliphatic hydroxyl groups is 5. The molecule has 1 saturated carbocycles. The fraction of sp³-hybridized carbons (Fsp3) is 1.00. The van der Waals surface area contributed by atoms with Crippen LogP contribution in [0.25, 0.3) is 0 Å². The van der Waals surface area contributed by atoms with E-state index in [9.17, 15) is 25.5 Å². The Hall–Kier alpha value is -0.240. The molecule has 6 heteroatoms. The van der Waals surface area contributed by atoms with E-state index in [1.807, 2.05) is 4.90 Å². The fourth-order valence-corrected chi connectivity index (χ4v) is 4.36. The Labute approximate surface area is 138 Å². The first-order valence-corrected chi connectivity index (χ1v) is 9.09. The van der Waals surface area contributed by atoms with Crippen LogP contribution in [0, 0.1) is 0 Å². The Morgan fingerprint density at radius 2 is 1.61 bits per heavy atom. The highest BCUT2D eigenvalue weighted by Crippen LogP contribution is 2.39. The van der Waals surface area contributed by atoms with Crippen LogP contribution in [-0.4, -0.2) is 79.6 Å². The summed E-state index contributed by atoms with van der Waals surface area (Å²) in [4.78, 5) is 1.85. The predicted octanol–water partition coefficient (Wildman–Crippen LogP) is -0.000400. The van der Waals surface area contributed by atoms with Crippen molar-refractivity contribution in [3.8, 4) is 0 Å². The van der Waals surface area contributed by atoms with Gasteiger partial charge in [0.05, 0.1) is 24.3 Å². The molecule has 5 N–H and O–H groups in total. The van der Waals surface area contributed by atoms with Crippen LogP contribution in [0.2, 0.25) is 0 Å². The van der Waals surface area contributed by atoms with Crippen molar-refractivity contribution in [3.63, 3.8) is 0 Å². The van der Waals surface area contributed by atoms with E-state index < -0.39 is 36.0 Å². The van der Waals surface area contributed by atoms with Crippen molar-refractivity contribution in [1.29, 1.82) is 0 Å². The van der Waals surface area contributed by atoms with Crippen LogP contribution in [0.1, 0.15) is 58.3 Å². The standard InChI is InChI=1S/C17H33NO5/c1-2-3-7-10-18-12(11-19)13(20)14(21)15(22)16(18)17(23)8-5-4-6-9-17/h12-16,19-23H,2-11H2,1H3/t12-,13-,14+,15-,16?/m1/s1. The summed E-state index contributed by atoms with van der Waals surface area (Å²) in [6.07, 6.45) is 3.18. The number of piperidine rings is 1. The first-order valence-electron chi connectivity index (χ1n) is 9.09. The van der Waals surface area contributed by atoms with E-state index in [1.54, 1.807) is 0 Å². The summed E-state index contributed by atoms with van der Waals surface area (Å²) < 4.78 is 0. The summed E-state index contributed by atoms with van der Waals surface area (Å²) >= 11 is 0. The Morgan fingerprint density at radius 3 is 2.17 bits per heavy atom. The highest BCUT2D eigenvalue weighted by molar-refractivity contribution is 5.08. The third-order valence-corrected chi connectivity index (χ3v) is 5.68. The topological polar surface area (TPSA) is 104 Å². The molecule has 1 heterocycles. The number of likely N-dealkylation sites (tertiary alicyclic amines) is 1. The maximum atomic E-state index is 11.1. The van der Waals surface area contributed by atoms with Crippen LogP contribution in [0.15, 0.2) is 0 Å². The number of unbranched alkanes of at least 4 members (excludes halogenated alkanes) is 2. The maximum Gasteiger partial charge on any atom is 0.109 e. The van der Waals surface area contributed by atoms with Gasteiger partial charge in [0.1, 0.15) is 18.3 Å². The van der Waals surface area contributed by atoms with Gasteiger partial charge in [-0.05, 0) is 25.8 Å². The molecule has 1 saturated heterocycles. The van der Waals surface area contributed by atoms with E-state index in [0.29, 0.717) is 19.4 Å². The molecule has 6 nitrogen and oxygen atoms in total. The van der Waals surface area contributed by atoms with Crippen molar-refractivity contribution < 1.29 is 25.5 Å². The van der Waals surface area contributed by atoms with Gasteiger partial charge in [-0.1, -0.05) is 39.0 Å². The lowest BCUT2D eigenvalue weighted by atomic mass is 9.72. The summed E-state index contributed by atoms with van der Waals surface area (Å²) in [6, 6.07) is -1.29. The lowest BCUT2D eigenvalue weighted by Crippen LogP contribution is -2.73. The molecule has 0 bridgehead atoms. The van der Waals surface area contributed by atoms with Gasteiger partial charge < -0.3 is 25.5 Å². The molecule has 0 radical (unpaired) electrons. The minimum absolute atomic E-state index is 0.302. The molecule has 0 aromatic carbocycles. The summed E-state index contributed by atoms with van der Waals surface area (Å²) in [5.41, 5.74) is -1.07. The molecule has 1 aliphatic heterocycles. The largest absolute Gasteiger partial charge is 0.395 e. The van der Waals surface area contributed by atoms with Gasteiger partial charge in [-0.15, -0.1) is 0 Å². The summed E-state index contributed by atoms with van der Waals surface area (Å²) in [5.74, 6) is 0. The molecule has 2 fully saturated rings. The van der Waals surface area contributed by atoms with E-state index >= 15 is 0 Å². The van der Waals surface area contributed by atoms with E-state index in [2.05, 4.69) is 6.92 Å². The SMILES string of the molecule is CCCCCN1C(C2(O)CCCCC2)[C@H](O)[C@@H](O)[C@H](O)[C@H]1CO. The number of aliphatic hydroxyl groups excluding tert-OH is 4. The Balaban J connectivity index is 2.27. The van der Waals surface area contributed by atoms with Crippen LogP contribution < -0.4 is 0 Å². The zero-order chi connectivity index (χ0) is 17.0. The zero-order valence-electron chi connectivity index (χ0n) is 14.1. The number of nitrogens with zero attached hydrogens (tertiary/aromatic N) is 1. The van der Waals surface area contributed by atoms with Gasteiger partial charge in [-0.2, -0.15) is 0 Å². The highest BCUT2D eigenvalue weighted by atomic mass is 16.4. The number of hydrogen-bond acceptors (Lipinski definition) is 6. The highest BCUT2D eigenvalue weighted by Gasteiger charge is 2.54. The molecule has 0 aromatic rings. The van der Waals surface area contributed by atoms with Crippen LogP contribution in [-0.2, 0) is 0 Å². The molecule has 1 aliphatic carbocycles. The second-order valence-corrected chi connectivity index (χ2v) is 7.28. The average Bonchev–Trinajstić information content (AvgIpc) is 2.54. The number of rotatable bonds is 6. The van der Waals surface area contributed by atoms with Gasteiger partial charge in [-0.3, -0.25) is 4.90 Å². The molecule has 2 rings (SSSR count). The van der Waals surface area contributed by atoms with Crippen molar-refractivity contribution in [2.24, 2.45) is 0 Å². The van der Waals surface area contributed by atoms with Crippen molar-refractivity contribution in [2.45, 2.75) is 94.3 Å². The molecule has 2 aliphatic rings. The summed E-state index contributed by atoms with van der Waals surface area (Å²) in [7, 11) is 0.